The summed E-state index contributed by atoms with van der Waals surface area (Å²) in [7, 11) is 0. The van der Waals surface area contributed by atoms with E-state index in [2.05, 4.69) is 68.7 Å². The molecule has 0 fully saturated rings. The summed E-state index contributed by atoms with van der Waals surface area (Å²) in [6.07, 6.45) is 0. The number of rotatable bonds is 6. The number of H-pyrrole nitrogens is 1. The average Bonchev–Trinajstić information content (AvgIpc) is 3.10. The minimum atomic E-state index is -0.0265. The number of para-hydroxylation sites is 1. The van der Waals surface area contributed by atoms with Gasteiger partial charge in [-0.25, -0.2) is 0 Å². The van der Waals surface area contributed by atoms with Crippen molar-refractivity contribution >= 4 is 44.5 Å². The van der Waals surface area contributed by atoms with Gasteiger partial charge in [0.15, 0.2) is 0 Å². The average molecular weight is 465 g/mol. The van der Waals surface area contributed by atoms with Crippen molar-refractivity contribution in [3.63, 3.8) is 0 Å². The zero-order valence-electron chi connectivity index (χ0n) is 16.0. The molecule has 0 atom stereocenters. The van der Waals surface area contributed by atoms with E-state index in [0.717, 1.165) is 32.6 Å². The number of hydrogen-bond donors (Lipinski definition) is 2. The summed E-state index contributed by atoms with van der Waals surface area (Å²) in [5.41, 5.74) is 5.18. The highest BCUT2D eigenvalue weighted by atomic mass is 79.9. The van der Waals surface area contributed by atoms with Gasteiger partial charge in [0, 0.05) is 38.1 Å². The fraction of sp³-hybridized carbons (Fsp3) is 0.125. The second-order valence-corrected chi connectivity index (χ2v) is 8.88. The molecule has 146 valence electrons. The molecule has 1 heterocycles. The minimum absolute atomic E-state index is 0.0265. The first-order chi connectivity index (χ1) is 14.1. The maximum Gasteiger partial charge on any atom is 0.251 e. The van der Waals surface area contributed by atoms with Crippen molar-refractivity contribution in [3.05, 3.63) is 88.4 Å². The van der Waals surface area contributed by atoms with E-state index in [1.54, 1.807) is 11.8 Å². The summed E-state index contributed by atoms with van der Waals surface area (Å²) in [6, 6.07) is 24.3. The second-order valence-electron chi connectivity index (χ2n) is 6.86. The van der Waals surface area contributed by atoms with Crippen LogP contribution < -0.4 is 5.32 Å². The van der Waals surface area contributed by atoms with Gasteiger partial charge in [-0.2, -0.15) is 0 Å². The Morgan fingerprint density at radius 1 is 1.03 bits per heavy atom. The van der Waals surface area contributed by atoms with Gasteiger partial charge in [-0.3, -0.25) is 4.79 Å². The Morgan fingerprint density at radius 3 is 2.62 bits per heavy atom. The SMILES string of the molecule is Cc1cccc(C(=O)NCCSc2c(-c3ccc(Br)cc3)[nH]c3ccccc23)c1. The van der Waals surface area contributed by atoms with E-state index in [1.807, 2.05) is 37.3 Å². The van der Waals surface area contributed by atoms with E-state index < -0.39 is 0 Å². The first-order valence-electron chi connectivity index (χ1n) is 9.46. The van der Waals surface area contributed by atoms with Crippen LogP contribution in [0.4, 0.5) is 0 Å². The molecule has 4 rings (SSSR count). The number of aryl methyl sites for hydroxylation is 1. The second kappa shape index (κ2) is 8.89. The third kappa shape index (κ3) is 4.57. The van der Waals surface area contributed by atoms with Gasteiger partial charge in [0.1, 0.15) is 0 Å². The quantitative estimate of drug-likeness (QED) is 0.255. The molecular weight excluding hydrogens is 444 g/mol. The molecule has 4 aromatic rings. The molecule has 3 nitrogen and oxygen atoms in total. The number of benzene rings is 3. The highest BCUT2D eigenvalue weighted by Gasteiger charge is 2.14. The molecule has 0 bridgehead atoms. The number of amides is 1. The third-order valence-corrected chi connectivity index (χ3v) is 6.36. The fourth-order valence-corrected chi connectivity index (χ4v) is 4.61. The molecule has 29 heavy (non-hydrogen) atoms. The molecule has 0 aliphatic rings. The van der Waals surface area contributed by atoms with Crippen LogP contribution in [-0.4, -0.2) is 23.2 Å². The molecule has 1 amide bonds. The Balaban J connectivity index is 1.49. The highest BCUT2D eigenvalue weighted by Crippen LogP contribution is 2.37. The summed E-state index contributed by atoms with van der Waals surface area (Å²) in [4.78, 5) is 17.1. The van der Waals surface area contributed by atoms with Gasteiger partial charge >= 0.3 is 0 Å². The number of thioether (sulfide) groups is 1. The maximum absolute atomic E-state index is 12.4. The molecule has 3 aromatic carbocycles. The van der Waals surface area contributed by atoms with Gasteiger partial charge in [0.25, 0.3) is 5.91 Å². The molecule has 0 spiro atoms. The molecule has 0 aliphatic heterocycles. The van der Waals surface area contributed by atoms with Gasteiger partial charge in [0.05, 0.1) is 5.69 Å². The predicted molar refractivity (Wildman–Crippen MR) is 126 cm³/mol. The fourth-order valence-electron chi connectivity index (χ4n) is 3.29. The molecule has 0 saturated heterocycles. The number of carbonyl (C=O) groups is 1. The Hall–Kier alpha value is -2.50. The molecule has 5 heteroatoms. The van der Waals surface area contributed by atoms with E-state index in [9.17, 15) is 4.79 Å². The largest absolute Gasteiger partial charge is 0.354 e. The van der Waals surface area contributed by atoms with Crippen molar-refractivity contribution in [1.82, 2.24) is 10.3 Å². The van der Waals surface area contributed by atoms with Crippen molar-refractivity contribution in [1.29, 1.82) is 0 Å². The first kappa shape index (κ1) is 19.8. The zero-order chi connectivity index (χ0) is 20.2. The summed E-state index contributed by atoms with van der Waals surface area (Å²) in [5.74, 6) is 0.768. The van der Waals surface area contributed by atoms with Crippen molar-refractivity contribution in [2.45, 2.75) is 11.8 Å². The van der Waals surface area contributed by atoms with Crippen LogP contribution in [0.2, 0.25) is 0 Å². The van der Waals surface area contributed by atoms with Crippen LogP contribution in [0.5, 0.6) is 0 Å². The molecule has 0 saturated carbocycles. The Morgan fingerprint density at radius 2 is 1.83 bits per heavy atom. The number of aromatic amines is 1. The lowest BCUT2D eigenvalue weighted by molar-refractivity contribution is 0.0956. The normalized spacial score (nSPS) is 11.0. The highest BCUT2D eigenvalue weighted by molar-refractivity contribution is 9.10. The van der Waals surface area contributed by atoms with E-state index in [0.29, 0.717) is 12.1 Å². The van der Waals surface area contributed by atoms with Crippen LogP contribution in [0.3, 0.4) is 0 Å². The van der Waals surface area contributed by atoms with Crippen molar-refractivity contribution in [2.24, 2.45) is 0 Å². The molecule has 2 N–H and O–H groups in total. The monoisotopic (exact) mass is 464 g/mol. The van der Waals surface area contributed by atoms with E-state index in [-0.39, 0.29) is 5.91 Å². The number of aromatic nitrogens is 1. The Bertz CT molecular complexity index is 1150. The van der Waals surface area contributed by atoms with Crippen LogP contribution in [0.25, 0.3) is 22.2 Å². The van der Waals surface area contributed by atoms with Crippen molar-refractivity contribution in [2.75, 3.05) is 12.3 Å². The molecular formula is C24H21BrN2OS. The summed E-state index contributed by atoms with van der Waals surface area (Å²) >= 11 is 5.27. The van der Waals surface area contributed by atoms with Crippen LogP contribution in [0.15, 0.2) is 82.2 Å². The topological polar surface area (TPSA) is 44.9 Å². The van der Waals surface area contributed by atoms with E-state index in [1.165, 1.54) is 10.3 Å². The lowest BCUT2D eigenvalue weighted by Crippen LogP contribution is -2.25. The summed E-state index contributed by atoms with van der Waals surface area (Å²) in [6.45, 7) is 2.60. The van der Waals surface area contributed by atoms with Crippen LogP contribution in [-0.2, 0) is 0 Å². The third-order valence-electron chi connectivity index (χ3n) is 4.71. The summed E-state index contributed by atoms with van der Waals surface area (Å²) in [5, 5.41) is 4.24. The maximum atomic E-state index is 12.4. The molecule has 0 aliphatic carbocycles. The molecule has 1 aromatic heterocycles. The Kier molecular flexibility index (Phi) is 6.07. The van der Waals surface area contributed by atoms with Crippen molar-refractivity contribution in [3.8, 4) is 11.3 Å². The van der Waals surface area contributed by atoms with Crippen LogP contribution >= 0.6 is 27.7 Å². The van der Waals surface area contributed by atoms with E-state index in [4.69, 9.17) is 0 Å². The summed E-state index contributed by atoms with van der Waals surface area (Å²) < 4.78 is 1.06. The lowest BCUT2D eigenvalue weighted by atomic mass is 10.1. The number of carbonyl (C=O) groups excluding carboxylic acids is 1. The number of hydrogen-bond acceptors (Lipinski definition) is 2. The first-order valence-corrected chi connectivity index (χ1v) is 11.2. The van der Waals surface area contributed by atoms with Gasteiger partial charge in [0.2, 0.25) is 0 Å². The standard InChI is InChI=1S/C24H21BrN2OS/c1-16-5-4-6-18(15-16)24(28)26-13-14-29-23-20-7-2-3-8-21(20)27-22(23)17-9-11-19(25)12-10-17/h2-12,15,27H,13-14H2,1H3,(H,26,28). The predicted octanol–water partition coefficient (Wildman–Crippen LogP) is 6.43. The lowest BCUT2D eigenvalue weighted by Gasteiger charge is -2.08. The Labute approximate surface area is 183 Å². The number of halogens is 1. The zero-order valence-corrected chi connectivity index (χ0v) is 18.4. The van der Waals surface area contributed by atoms with Gasteiger partial charge in [-0.15, -0.1) is 11.8 Å². The van der Waals surface area contributed by atoms with Gasteiger partial charge < -0.3 is 10.3 Å². The smallest absolute Gasteiger partial charge is 0.251 e. The molecule has 0 unspecified atom stereocenters. The van der Waals surface area contributed by atoms with Gasteiger partial charge in [-0.05, 0) is 42.8 Å². The number of nitrogens with one attached hydrogen (secondary N) is 2. The van der Waals surface area contributed by atoms with Crippen molar-refractivity contribution < 1.29 is 4.79 Å². The minimum Gasteiger partial charge on any atom is -0.354 e. The number of fused-ring (bicyclic) bond motifs is 1. The van der Waals surface area contributed by atoms with Gasteiger partial charge in [-0.1, -0.05) is 64.0 Å². The van der Waals surface area contributed by atoms with E-state index >= 15 is 0 Å². The van der Waals surface area contributed by atoms with Crippen LogP contribution in [0.1, 0.15) is 15.9 Å². The van der Waals surface area contributed by atoms with Crippen LogP contribution in [0, 0.1) is 6.92 Å². The molecule has 0 radical (unpaired) electrons.